The number of fused-ring (bicyclic) bond motifs is 3. The zero-order chi connectivity index (χ0) is 25.3. The van der Waals surface area contributed by atoms with E-state index in [4.69, 9.17) is 9.97 Å². The second-order valence-electron chi connectivity index (χ2n) is 10.1. The average molecular weight is 484 g/mol. The molecule has 1 heterocycles. The van der Waals surface area contributed by atoms with Gasteiger partial charge >= 0.3 is 0 Å². The summed E-state index contributed by atoms with van der Waals surface area (Å²) >= 11 is 0. The van der Waals surface area contributed by atoms with Crippen molar-refractivity contribution in [2.24, 2.45) is 11.3 Å². The van der Waals surface area contributed by atoms with Crippen molar-refractivity contribution in [3.63, 3.8) is 0 Å². The number of phenolic OH excluding ortho intramolecular Hbond substituents is 1. The molecule has 1 amide bonds. The van der Waals surface area contributed by atoms with Crippen LogP contribution in [0.25, 0.3) is 11.3 Å². The highest BCUT2D eigenvalue weighted by Crippen LogP contribution is 2.39. The first-order valence-electron chi connectivity index (χ1n) is 12.4. The highest BCUT2D eigenvalue weighted by molar-refractivity contribution is 5.91. The maximum atomic E-state index is 13.7. The molecule has 184 valence electrons. The van der Waals surface area contributed by atoms with Crippen LogP contribution >= 0.6 is 0 Å². The summed E-state index contributed by atoms with van der Waals surface area (Å²) in [7, 11) is 0. The molecular formula is C30H30FN3O2. The fourth-order valence-electron chi connectivity index (χ4n) is 5.02. The van der Waals surface area contributed by atoms with Gasteiger partial charge < -0.3 is 10.4 Å². The minimum absolute atomic E-state index is 0.108. The standard InChI is InChI=1S/C30H30FN3O2/c1-19-15-22(31)13-14-30(19,2)18-27(36)34-29-26(16-20-7-4-3-5-8-20)32-28-24-12-11-23(35)17-21(24)9-6-10-25(28)33-29/h3-5,7-8,11-15,17,19,35H,6,9-10,16,18H2,1-2H3,(H,33,34,36). The Labute approximate surface area is 210 Å². The van der Waals surface area contributed by atoms with Gasteiger partial charge in [0, 0.05) is 23.8 Å². The number of amides is 1. The van der Waals surface area contributed by atoms with Crippen LogP contribution in [-0.2, 0) is 24.1 Å². The minimum Gasteiger partial charge on any atom is -0.508 e. The predicted molar refractivity (Wildman–Crippen MR) is 139 cm³/mol. The van der Waals surface area contributed by atoms with E-state index in [1.54, 1.807) is 24.3 Å². The highest BCUT2D eigenvalue weighted by atomic mass is 19.1. The molecule has 5 nitrogen and oxygen atoms in total. The van der Waals surface area contributed by atoms with Gasteiger partial charge in [0.15, 0.2) is 5.82 Å². The van der Waals surface area contributed by atoms with Crippen LogP contribution in [0, 0.1) is 11.3 Å². The van der Waals surface area contributed by atoms with Gasteiger partial charge in [-0.3, -0.25) is 4.79 Å². The summed E-state index contributed by atoms with van der Waals surface area (Å²) in [5.74, 6) is 0.168. The molecule has 0 aliphatic heterocycles. The van der Waals surface area contributed by atoms with Crippen molar-refractivity contribution in [3.8, 4) is 17.0 Å². The van der Waals surface area contributed by atoms with E-state index in [0.717, 1.165) is 47.3 Å². The van der Waals surface area contributed by atoms with E-state index in [9.17, 15) is 14.3 Å². The third-order valence-corrected chi connectivity index (χ3v) is 7.33. The van der Waals surface area contributed by atoms with Gasteiger partial charge in [-0.05, 0) is 66.7 Å². The van der Waals surface area contributed by atoms with Crippen molar-refractivity contribution >= 4 is 11.7 Å². The lowest BCUT2D eigenvalue weighted by Gasteiger charge is -2.32. The normalized spacial score (nSPS) is 20.6. The van der Waals surface area contributed by atoms with Gasteiger partial charge in [0.1, 0.15) is 11.6 Å². The van der Waals surface area contributed by atoms with Crippen LogP contribution in [0.1, 0.15) is 49.2 Å². The molecule has 0 bridgehead atoms. The summed E-state index contributed by atoms with van der Waals surface area (Å²) in [4.78, 5) is 23.2. The molecule has 0 radical (unpaired) electrons. The van der Waals surface area contributed by atoms with Crippen LogP contribution in [0.4, 0.5) is 10.2 Å². The number of hydrogen-bond donors (Lipinski definition) is 2. The number of phenols is 1. The Bertz CT molecular complexity index is 1370. The largest absolute Gasteiger partial charge is 0.508 e. The maximum absolute atomic E-state index is 13.7. The van der Waals surface area contributed by atoms with E-state index < -0.39 is 5.41 Å². The van der Waals surface area contributed by atoms with Gasteiger partial charge in [0.2, 0.25) is 5.91 Å². The summed E-state index contributed by atoms with van der Waals surface area (Å²) in [6.07, 6.45) is 7.94. The molecule has 6 heteroatoms. The van der Waals surface area contributed by atoms with Crippen LogP contribution in [0.3, 0.4) is 0 Å². The molecule has 3 aromatic rings. The number of allylic oxidation sites excluding steroid dienone is 4. The Balaban J connectivity index is 1.51. The van der Waals surface area contributed by atoms with Crippen molar-refractivity contribution in [1.82, 2.24) is 9.97 Å². The summed E-state index contributed by atoms with van der Waals surface area (Å²) in [6, 6.07) is 15.4. The van der Waals surface area contributed by atoms with Crippen LogP contribution in [-0.4, -0.2) is 21.0 Å². The average Bonchev–Trinajstić information content (AvgIpc) is 3.01. The summed E-state index contributed by atoms with van der Waals surface area (Å²) in [5.41, 5.74) is 4.95. The minimum atomic E-state index is -0.487. The lowest BCUT2D eigenvalue weighted by Crippen LogP contribution is -2.30. The van der Waals surface area contributed by atoms with E-state index in [-0.39, 0.29) is 29.8 Å². The van der Waals surface area contributed by atoms with Crippen molar-refractivity contribution in [3.05, 3.63) is 95.1 Å². The Morgan fingerprint density at radius 2 is 1.97 bits per heavy atom. The summed E-state index contributed by atoms with van der Waals surface area (Å²) < 4.78 is 13.7. The molecular weight excluding hydrogens is 453 g/mol. The Kier molecular flexibility index (Phi) is 6.44. The quantitative estimate of drug-likeness (QED) is 0.445. The second kappa shape index (κ2) is 9.69. The van der Waals surface area contributed by atoms with Gasteiger partial charge in [0.05, 0.1) is 17.1 Å². The molecule has 0 spiro atoms. The number of nitrogens with one attached hydrogen (secondary N) is 1. The third-order valence-electron chi connectivity index (χ3n) is 7.33. The van der Waals surface area contributed by atoms with Crippen molar-refractivity contribution in [1.29, 1.82) is 0 Å². The molecule has 2 N–H and O–H groups in total. The zero-order valence-corrected chi connectivity index (χ0v) is 20.6. The van der Waals surface area contributed by atoms with Crippen molar-refractivity contribution in [2.75, 3.05) is 5.32 Å². The fraction of sp³-hybridized carbons (Fsp3) is 0.300. The second-order valence-corrected chi connectivity index (χ2v) is 10.1. The molecule has 1 aromatic heterocycles. The van der Waals surface area contributed by atoms with E-state index >= 15 is 0 Å². The van der Waals surface area contributed by atoms with Gasteiger partial charge in [-0.15, -0.1) is 0 Å². The van der Waals surface area contributed by atoms with Gasteiger partial charge in [0.25, 0.3) is 0 Å². The number of anilines is 1. The number of nitrogens with zero attached hydrogens (tertiary/aromatic N) is 2. The predicted octanol–water partition coefficient (Wildman–Crippen LogP) is 6.32. The summed E-state index contributed by atoms with van der Waals surface area (Å²) in [5, 5.41) is 13.0. The molecule has 2 atom stereocenters. The number of rotatable bonds is 5. The number of benzene rings is 2. The monoisotopic (exact) mass is 483 g/mol. The Morgan fingerprint density at radius 1 is 1.17 bits per heavy atom. The van der Waals surface area contributed by atoms with E-state index in [2.05, 4.69) is 5.32 Å². The lowest BCUT2D eigenvalue weighted by molar-refractivity contribution is -0.118. The van der Waals surface area contributed by atoms with E-state index in [0.29, 0.717) is 17.9 Å². The zero-order valence-electron chi connectivity index (χ0n) is 20.6. The molecule has 0 saturated heterocycles. The summed E-state index contributed by atoms with van der Waals surface area (Å²) in [6.45, 7) is 3.89. The number of aromatic nitrogens is 2. The van der Waals surface area contributed by atoms with Crippen LogP contribution < -0.4 is 5.32 Å². The van der Waals surface area contributed by atoms with E-state index in [1.165, 1.54) is 6.08 Å². The molecule has 0 fully saturated rings. The number of carbonyl (C=O) groups excluding carboxylic acids is 1. The first-order valence-corrected chi connectivity index (χ1v) is 12.4. The molecule has 5 rings (SSSR count). The highest BCUT2D eigenvalue weighted by Gasteiger charge is 2.33. The number of halogens is 1. The van der Waals surface area contributed by atoms with E-state index in [1.807, 2.05) is 50.2 Å². The number of aromatic hydroxyl groups is 1. The topological polar surface area (TPSA) is 75.1 Å². The first-order chi connectivity index (χ1) is 17.3. The van der Waals surface area contributed by atoms with Gasteiger partial charge in [-0.25, -0.2) is 14.4 Å². The van der Waals surface area contributed by atoms with Crippen molar-refractivity contribution in [2.45, 2.75) is 46.0 Å². The molecule has 0 saturated carbocycles. The lowest BCUT2D eigenvalue weighted by atomic mass is 9.72. The molecule has 2 aliphatic carbocycles. The Morgan fingerprint density at radius 3 is 2.75 bits per heavy atom. The molecule has 2 aromatic carbocycles. The van der Waals surface area contributed by atoms with Crippen molar-refractivity contribution < 1.29 is 14.3 Å². The fourth-order valence-corrected chi connectivity index (χ4v) is 5.02. The smallest absolute Gasteiger partial charge is 0.226 e. The SMILES string of the molecule is CC1C=C(F)C=CC1(C)CC(=O)Nc1nc2c(nc1Cc1ccccc1)-c1ccc(O)cc1CCC2. The number of aryl methyl sites for hydroxylation is 2. The first kappa shape index (κ1) is 23.9. The number of carbonyl (C=O) groups is 1. The van der Waals surface area contributed by atoms with Crippen LogP contribution in [0.15, 0.2) is 72.6 Å². The maximum Gasteiger partial charge on any atom is 0.226 e. The molecule has 2 unspecified atom stereocenters. The number of hydrogen-bond acceptors (Lipinski definition) is 4. The van der Waals surface area contributed by atoms with Crippen LogP contribution in [0.2, 0.25) is 0 Å². The third kappa shape index (κ3) is 4.94. The van der Waals surface area contributed by atoms with Gasteiger partial charge in [-0.2, -0.15) is 0 Å². The molecule has 2 aliphatic rings. The Hall–Kier alpha value is -3.80. The van der Waals surface area contributed by atoms with Gasteiger partial charge in [-0.1, -0.05) is 50.3 Å². The molecule has 36 heavy (non-hydrogen) atoms. The van der Waals surface area contributed by atoms with Crippen LogP contribution in [0.5, 0.6) is 5.75 Å².